The molecule has 1 aliphatic heterocycles. The van der Waals surface area contributed by atoms with E-state index >= 15 is 0 Å². The fourth-order valence-electron chi connectivity index (χ4n) is 3.53. The van der Waals surface area contributed by atoms with Crippen LogP contribution >= 0.6 is 11.6 Å². The molecule has 0 amide bonds. The molecule has 10 heteroatoms. The first-order valence-electron chi connectivity index (χ1n) is 9.79. The van der Waals surface area contributed by atoms with Crippen molar-refractivity contribution >= 4 is 29.2 Å². The largest absolute Gasteiger partial charge is 0.466 e. The van der Waals surface area contributed by atoms with Crippen LogP contribution in [0.25, 0.3) is 0 Å². The van der Waals surface area contributed by atoms with Crippen LogP contribution in [0.15, 0.2) is 66.0 Å². The Hall–Kier alpha value is -3.72. The van der Waals surface area contributed by atoms with Crippen molar-refractivity contribution in [2.75, 3.05) is 20.8 Å². The summed E-state index contributed by atoms with van der Waals surface area (Å²) in [4.78, 5) is 37.7. The van der Waals surface area contributed by atoms with E-state index in [1.165, 1.54) is 57.0 Å². The average Bonchev–Trinajstić information content (AvgIpc) is 2.82. The van der Waals surface area contributed by atoms with Gasteiger partial charge in [0.1, 0.15) is 10.8 Å². The molecular formula is C23H20ClFN2O6. The van der Waals surface area contributed by atoms with E-state index in [2.05, 4.69) is 0 Å². The SMILES string of the molecule is COC(=O)C1=CN(CCc2ccc(F)cc2)C=C(C(=O)OC)C1c1ccc(Cl)c([N+](=O)[O-])c1. The first kappa shape index (κ1) is 23.9. The van der Waals surface area contributed by atoms with Crippen LogP contribution in [0.1, 0.15) is 17.0 Å². The third-order valence-corrected chi connectivity index (χ3v) is 5.47. The van der Waals surface area contributed by atoms with Gasteiger partial charge in [0.2, 0.25) is 0 Å². The molecule has 0 unspecified atom stereocenters. The summed E-state index contributed by atoms with van der Waals surface area (Å²) in [5.74, 6) is -2.74. The summed E-state index contributed by atoms with van der Waals surface area (Å²) < 4.78 is 23.0. The van der Waals surface area contributed by atoms with Gasteiger partial charge in [0.15, 0.2) is 0 Å². The molecule has 0 radical (unpaired) electrons. The van der Waals surface area contributed by atoms with Gasteiger partial charge in [-0.2, -0.15) is 0 Å². The second-order valence-electron chi connectivity index (χ2n) is 7.17. The molecule has 0 saturated heterocycles. The van der Waals surface area contributed by atoms with Gasteiger partial charge in [-0.3, -0.25) is 10.1 Å². The maximum absolute atomic E-state index is 13.2. The van der Waals surface area contributed by atoms with Crippen LogP contribution in [-0.4, -0.2) is 42.5 Å². The van der Waals surface area contributed by atoms with Crippen molar-refractivity contribution in [3.63, 3.8) is 0 Å². The number of carbonyl (C=O) groups is 2. The Morgan fingerprint density at radius 1 is 1.06 bits per heavy atom. The Bertz CT molecular complexity index is 1110. The lowest BCUT2D eigenvalue weighted by molar-refractivity contribution is -0.384. The number of carbonyl (C=O) groups excluding carboxylic acids is 2. The zero-order valence-electron chi connectivity index (χ0n) is 17.8. The highest BCUT2D eigenvalue weighted by Crippen LogP contribution is 2.39. The number of benzene rings is 2. The Balaban J connectivity index is 2.03. The van der Waals surface area contributed by atoms with E-state index in [4.69, 9.17) is 21.1 Å². The molecule has 0 bridgehead atoms. The van der Waals surface area contributed by atoms with E-state index < -0.39 is 22.8 Å². The Morgan fingerprint density at radius 3 is 2.15 bits per heavy atom. The Kier molecular flexibility index (Phi) is 7.44. The number of methoxy groups -OCH3 is 2. The lowest BCUT2D eigenvalue weighted by atomic mass is 9.83. The minimum absolute atomic E-state index is 0.0762. The smallest absolute Gasteiger partial charge is 0.336 e. The number of hydrogen-bond acceptors (Lipinski definition) is 7. The zero-order chi connectivity index (χ0) is 24.1. The van der Waals surface area contributed by atoms with Crippen molar-refractivity contribution in [3.8, 4) is 0 Å². The summed E-state index contributed by atoms with van der Waals surface area (Å²) in [6, 6.07) is 10.0. The number of nitrogens with zero attached hydrogens (tertiary/aromatic N) is 2. The molecule has 8 nitrogen and oxygen atoms in total. The monoisotopic (exact) mass is 474 g/mol. The van der Waals surface area contributed by atoms with E-state index in [-0.39, 0.29) is 27.7 Å². The van der Waals surface area contributed by atoms with Crippen LogP contribution in [-0.2, 0) is 25.5 Å². The van der Waals surface area contributed by atoms with Crippen LogP contribution in [0, 0.1) is 15.9 Å². The second kappa shape index (κ2) is 10.3. The molecular weight excluding hydrogens is 455 g/mol. The maximum atomic E-state index is 13.2. The number of esters is 2. The van der Waals surface area contributed by atoms with E-state index in [1.807, 2.05) is 0 Å². The highest BCUT2D eigenvalue weighted by Gasteiger charge is 2.36. The fraction of sp³-hybridized carbons (Fsp3) is 0.217. The summed E-state index contributed by atoms with van der Waals surface area (Å²) in [6.07, 6.45) is 3.53. The van der Waals surface area contributed by atoms with Gasteiger partial charge in [0.25, 0.3) is 5.69 Å². The van der Waals surface area contributed by atoms with Gasteiger partial charge >= 0.3 is 11.9 Å². The number of ether oxygens (including phenoxy) is 2. The Labute approximate surface area is 194 Å². The van der Waals surface area contributed by atoms with Gasteiger partial charge in [-0.1, -0.05) is 29.8 Å². The van der Waals surface area contributed by atoms with Gasteiger partial charge in [0, 0.05) is 25.0 Å². The molecule has 0 fully saturated rings. The summed E-state index contributed by atoms with van der Waals surface area (Å²) in [7, 11) is 2.40. The first-order chi connectivity index (χ1) is 15.7. The quantitative estimate of drug-likeness (QED) is 0.338. The van der Waals surface area contributed by atoms with Gasteiger partial charge in [0.05, 0.1) is 36.2 Å². The molecule has 0 aliphatic carbocycles. The maximum Gasteiger partial charge on any atom is 0.336 e. The molecule has 0 N–H and O–H groups in total. The van der Waals surface area contributed by atoms with Crippen LogP contribution in [0.4, 0.5) is 10.1 Å². The van der Waals surface area contributed by atoms with E-state index in [0.29, 0.717) is 18.5 Å². The number of hydrogen-bond donors (Lipinski definition) is 0. The standard InChI is InChI=1S/C23H20ClFN2O6/c1-32-22(28)17-12-26(10-9-14-3-6-16(25)7-4-14)13-18(23(29)33-2)21(17)15-5-8-19(24)20(11-15)27(30)31/h3-8,11-13,21H,9-10H2,1-2H3. The molecule has 0 saturated carbocycles. The molecule has 172 valence electrons. The van der Waals surface area contributed by atoms with Crippen molar-refractivity contribution in [1.29, 1.82) is 0 Å². The van der Waals surface area contributed by atoms with E-state index in [9.17, 15) is 24.1 Å². The van der Waals surface area contributed by atoms with Crippen LogP contribution < -0.4 is 0 Å². The highest BCUT2D eigenvalue weighted by atomic mass is 35.5. The second-order valence-corrected chi connectivity index (χ2v) is 7.57. The van der Waals surface area contributed by atoms with Gasteiger partial charge < -0.3 is 14.4 Å². The van der Waals surface area contributed by atoms with E-state index in [1.54, 1.807) is 17.0 Å². The number of halogens is 2. The van der Waals surface area contributed by atoms with Crippen LogP contribution in [0.5, 0.6) is 0 Å². The molecule has 0 aromatic heterocycles. The number of nitro benzene ring substituents is 1. The van der Waals surface area contributed by atoms with Crippen LogP contribution in [0.3, 0.4) is 0 Å². The van der Waals surface area contributed by atoms with Crippen molar-refractivity contribution in [3.05, 3.63) is 98.1 Å². The third kappa shape index (κ3) is 5.38. The molecule has 1 aliphatic rings. The van der Waals surface area contributed by atoms with Crippen molar-refractivity contribution in [2.24, 2.45) is 0 Å². The number of nitro groups is 1. The predicted octanol–water partition coefficient (Wildman–Crippen LogP) is 4.14. The third-order valence-electron chi connectivity index (χ3n) is 5.15. The summed E-state index contributed by atoms with van der Waals surface area (Å²) >= 11 is 5.93. The predicted molar refractivity (Wildman–Crippen MR) is 118 cm³/mol. The molecule has 33 heavy (non-hydrogen) atoms. The number of rotatable bonds is 7. The average molecular weight is 475 g/mol. The van der Waals surface area contributed by atoms with E-state index in [0.717, 1.165) is 5.56 Å². The molecule has 1 heterocycles. The molecule has 2 aromatic rings. The highest BCUT2D eigenvalue weighted by molar-refractivity contribution is 6.32. The van der Waals surface area contributed by atoms with Crippen LogP contribution in [0.2, 0.25) is 5.02 Å². The molecule has 3 rings (SSSR count). The molecule has 2 aromatic carbocycles. The molecule has 0 atom stereocenters. The minimum atomic E-state index is -0.970. The lowest BCUT2D eigenvalue weighted by Crippen LogP contribution is -2.29. The molecule has 0 spiro atoms. The van der Waals surface area contributed by atoms with Gasteiger partial charge in [-0.05, 0) is 35.7 Å². The summed E-state index contributed by atoms with van der Waals surface area (Å²) in [5, 5.41) is 11.3. The topological polar surface area (TPSA) is 99.0 Å². The van der Waals surface area contributed by atoms with Gasteiger partial charge in [-0.15, -0.1) is 0 Å². The minimum Gasteiger partial charge on any atom is -0.466 e. The first-order valence-corrected chi connectivity index (χ1v) is 10.2. The Morgan fingerprint density at radius 2 is 1.64 bits per heavy atom. The summed E-state index contributed by atoms with van der Waals surface area (Å²) in [5.41, 5.74) is 0.985. The summed E-state index contributed by atoms with van der Waals surface area (Å²) in [6.45, 7) is 0.361. The van der Waals surface area contributed by atoms with Crippen molar-refractivity contribution in [1.82, 2.24) is 4.90 Å². The van der Waals surface area contributed by atoms with Crippen molar-refractivity contribution < 1.29 is 28.4 Å². The van der Waals surface area contributed by atoms with Gasteiger partial charge in [-0.25, -0.2) is 14.0 Å². The lowest BCUT2D eigenvalue weighted by Gasteiger charge is -2.30. The van der Waals surface area contributed by atoms with Crippen molar-refractivity contribution in [2.45, 2.75) is 12.3 Å². The fourth-order valence-corrected chi connectivity index (χ4v) is 3.72. The normalized spacial score (nSPS) is 13.8. The zero-order valence-corrected chi connectivity index (χ0v) is 18.5.